The molecule has 0 spiro atoms. The Morgan fingerprint density at radius 2 is 1.21 bits per heavy atom. The van der Waals surface area contributed by atoms with Crippen molar-refractivity contribution in [1.29, 1.82) is 0 Å². The van der Waals surface area contributed by atoms with Gasteiger partial charge in [-0.25, -0.2) is 47.7 Å². The number of nitrogens with one attached hydrogen (secondary N) is 3. The van der Waals surface area contributed by atoms with Gasteiger partial charge in [0.05, 0.1) is 59.8 Å². The molecule has 0 unspecified atom stereocenters. The lowest BCUT2D eigenvalue weighted by Gasteiger charge is -2.22. The number of imidazole rings is 2. The van der Waals surface area contributed by atoms with E-state index in [1.807, 2.05) is 86.8 Å². The van der Waals surface area contributed by atoms with Crippen LogP contribution < -0.4 is 16.0 Å². The SMILES string of the molecule is Cc1cn2nc(-c3cc(F)c4nc(C5=CCNCC5)sc4c3)ccc2n1.Cc1cn2nc(-c3cc(F)c4nc(C5CCNCC5)sc4c3)ccc2n1.Cn1cc2cc(-c3nc4ncc(C5CCNCC5)cc4s3)ccc2n1. The topological polar surface area (TPSA) is 166 Å². The van der Waals surface area contributed by atoms with E-state index in [1.165, 1.54) is 40.8 Å². The van der Waals surface area contributed by atoms with Gasteiger partial charge in [0.2, 0.25) is 0 Å². The summed E-state index contributed by atoms with van der Waals surface area (Å²) in [7, 11) is 1.95. The number of rotatable bonds is 6. The van der Waals surface area contributed by atoms with E-state index >= 15 is 0 Å². The number of halogens is 2. The van der Waals surface area contributed by atoms with E-state index < -0.39 is 0 Å². The molecule has 12 heterocycles. The second-order valence-corrected chi connectivity index (χ2v) is 23.0. The highest BCUT2D eigenvalue weighted by Gasteiger charge is 2.22. The van der Waals surface area contributed by atoms with Crippen LogP contribution in [0.3, 0.4) is 0 Å². The molecule has 20 heteroatoms. The third-order valence-electron chi connectivity index (χ3n) is 14.4. The molecule has 0 atom stereocenters. The summed E-state index contributed by atoms with van der Waals surface area (Å²) >= 11 is 4.88. The Labute approximate surface area is 453 Å². The van der Waals surface area contributed by atoms with Crippen LogP contribution in [0.25, 0.3) is 91.6 Å². The van der Waals surface area contributed by atoms with Gasteiger partial charge in [-0.05, 0) is 169 Å². The second kappa shape index (κ2) is 20.9. The van der Waals surface area contributed by atoms with Gasteiger partial charge < -0.3 is 16.0 Å². The summed E-state index contributed by atoms with van der Waals surface area (Å²) in [4.78, 5) is 27.3. The number of piperidine rings is 2. The van der Waals surface area contributed by atoms with Crippen molar-refractivity contribution < 1.29 is 8.78 Å². The number of thiazole rings is 3. The highest BCUT2D eigenvalue weighted by atomic mass is 32.1. The van der Waals surface area contributed by atoms with E-state index in [2.05, 4.69) is 86.5 Å². The van der Waals surface area contributed by atoms with Gasteiger partial charge in [-0.2, -0.15) is 15.3 Å². The van der Waals surface area contributed by atoms with E-state index in [0.717, 1.165) is 145 Å². The molecule has 12 aromatic rings. The first-order valence-electron chi connectivity index (χ1n) is 26.0. The van der Waals surface area contributed by atoms with Crippen molar-refractivity contribution in [2.45, 2.75) is 57.8 Å². The quantitative estimate of drug-likeness (QED) is 0.144. The summed E-state index contributed by atoms with van der Waals surface area (Å²) in [5, 5.41) is 27.8. The molecule has 15 rings (SSSR count). The van der Waals surface area contributed by atoms with E-state index in [4.69, 9.17) is 4.98 Å². The lowest BCUT2D eigenvalue weighted by Crippen LogP contribution is -2.26. The van der Waals surface area contributed by atoms with Gasteiger partial charge in [0, 0.05) is 54.0 Å². The fraction of sp³-hybridized carbons (Fsp3) is 0.281. The normalized spacial score (nSPS) is 15.6. The van der Waals surface area contributed by atoms with Gasteiger partial charge in [0.15, 0.2) is 28.6 Å². The number of hydrogen-bond acceptors (Lipinski definition) is 15. The standard InChI is InChI=1S/C19H18FN5S.C19H16FN5S.C19H19N5S/c2*1-11-10-25-17(22-11)3-2-15(24-25)13-8-14(20)18-16(9-13)26-19(23-18)12-4-6-21-7-5-12;1-24-11-15-8-13(2-3-16(15)23-24)19-22-18-17(25-19)9-14(10-21-18)12-4-6-20-7-5-12/h2-3,8-10,12,21H,4-7H2,1H3;2-4,8-10,21H,5-7H2,1H3;2-3,8-12,20H,4-7H2,1H3. The zero-order valence-electron chi connectivity index (χ0n) is 42.6. The van der Waals surface area contributed by atoms with Crippen LogP contribution in [-0.4, -0.2) is 98.2 Å². The minimum atomic E-state index is -0.307. The largest absolute Gasteiger partial charge is 0.317 e. The summed E-state index contributed by atoms with van der Waals surface area (Å²) in [6, 6.07) is 23.2. The lowest BCUT2D eigenvalue weighted by molar-refractivity contribution is 0.459. The summed E-state index contributed by atoms with van der Waals surface area (Å²) < 4.78 is 37.6. The van der Waals surface area contributed by atoms with Crippen LogP contribution in [0.2, 0.25) is 0 Å². The number of aromatic nitrogens is 12. The van der Waals surface area contributed by atoms with Gasteiger partial charge in [-0.3, -0.25) is 4.68 Å². The Balaban J connectivity index is 0.000000110. The third-order valence-corrected chi connectivity index (χ3v) is 17.6. The number of nitrogens with zero attached hydrogens (tertiary/aromatic N) is 12. The molecular formula is C57H53F2N15S3. The van der Waals surface area contributed by atoms with Crippen LogP contribution >= 0.6 is 34.0 Å². The van der Waals surface area contributed by atoms with Gasteiger partial charge in [0.25, 0.3) is 0 Å². The van der Waals surface area contributed by atoms with E-state index in [0.29, 0.717) is 28.6 Å². The Morgan fingerprint density at radius 1 is 0.571 bits per heavy atom. The van der Waals surface area contributed by atoms with Crippen molar-refractivity contribution in [2.75, 3.05) is 39.3 Å². The molecule has 388 valence electrons. The van der Waals surface area contributed by atoms with Crippen LogP contribution in [0.4, 0.5) is 8.78 Å². The highest BCUT2D eigenvalue weighted by Crippen LogP contribution is 2.38. The maximum atomic E-state index is 14.7. The van der Waals surface area contributed by atoms with Crippen molar-refractivity contribution >= 4 is 92.6 Å². The van der Waals surface area contributed by atoms with Gasteiger partial charge in [-0.15, -0.1) is 34.0 Å². The lowest BCUT2D eigenvalue weighted by atomic mass is 9.91. The molecule has 2 saturated heterocycles. The third kappa shape index (κ3) is 10.2. The smallest absolute Gasteiger partial charge is 0.170 e. The number of hydrogen-bond donors (Lipinski definition) is 3. The fourth-order valence-electron chi connectivity index (χ4n) is 10.4. The minimum absolute atomic E-state index is 0.280. The summed E-state index contributed by atoms with van der Waals surface area (Å²) in [5.74, 6) is 0.464. The average molecular weight is 1080 g/mol. The monoisotopic (exact) mass is 1080 g/mol. The first-order chi connectivity index (χ1) is 37.6. The van der Waals surface area contributed by atoms with Crippen molar-refractivity contribution in [3.63, 3.8) is 0 Å². The predicted octanol–water partition coefficient (Wildman–Crippen LogP) is 11.5. The van der Waals surface area contributed by atoms with Crippen LogP contribution in [-0.2, 0) is 7.05 Å². The number of benzene rings is 3. The molecule has 3 aliphatic rings. The molecule has 0 radical (unpaired) electrons. The van der Waals surface area contributed by atoms with Gasteiger partial charge in [-0.1, -0.05) is 6.08 Å². The molecule has 15 nitrogen and oxygen atoms in total. The van der Waals surface area contributed by atoms with Crippen molar-refractivity contribution in [1.82, 2.24) is 74.9 Å². The van der Waals surface area contributed by atoms with Crippen LogP contribution in [0, 0.1) is 25.5 Å². The molecular weight excluding hydrogens is 1030 g/mol. The number of pyridine rings is 1. The summed E-state index contributed by atoms with van der Waals surface area (Å²) in [6.45, 7) is 9.83. The number of aryl methyl sites for hydroxylation is 3. The Kier molecular flexibility index (Phi) is 13.4. The molecule has 3 aromatic carbocycles. The first-order valence-corrected chi connectivity index (χ1v) is 28.4. The maximum absolute atomic E-state index is 14.7. The Bertz CT molecular complexity index is 4190. The Hall–Kier alpha value is -7.33. The molecule has 3 aliphatic heterocycles. The highest BCUT2D eigenvalue weighted by molar-refractivity contribution is 7.21. The molecule has 0 aliphatic carbocycles. The van der Waals surface area contributed by atoms with Crippen molar-refractivity contribution in [3.05, 3.63) is 142 Å². The predicted molar refractivity (Wildman–Crippen MR) is 305 cm³/mol. The van der Waals surface area contributed by atoms with E-state index in [1.54, 1.807) is 43.0 Å². The fourth-order valence-corrected chi connectivity index (χ4v) is 13.7. The molecule has 3 N–H and O–H groups in total. The van der Waals surface area contributed by atoms with Gasteiger partial charge in [0.1, 0.15) is 21.0 Å². The van der Waals surface area contributed by atoms with Gasteiger partial charge >= 0.3 is 0 Å². The summed E-state index contributed by atoms with van der Waals surface area (Å²) in [5.41, 5.74) is 12.8. The molecule has 77 heavy (non-hydrogen) atoms. The average Bonchev–Trinajstić information content (AvgIpc) is 4.38. The number of fused-ring (bicyclic) bond motifs is 6. The maximum Gasteiger partial charge on any atom is 0.170 e. The Morgan fingerprint density at radius 3 is 1.87 bits per heavy atom. The minimum Gasteiger partial charge on any atom is -0.317 e. The molecule has 0 saturated carbocycles. The van der Waals surface area contributed by atoms with E-state index in [-0.39, 0.29) is 11.6 Å². The second-order valence-electron chi connectivity index (χ2n) is 19.9. The van der Waals surface area contributed by atoms with E-state index in [9.17, 15) is 8.78 Å². The van der Waals surface area contributed by atoms with Crippen LogP contribution in [0.5, 0.6) is 0 Å². The summed E-state index contributed by atoms with van der Waals surface area (Å²) in [6.07, 6.45) is 15.4. The van der Waals surface area contributed by atoms with Crippen molar-refractivity contribution in [2.24, 2.45) is 7.05 Å². The molecule has 0 amide bonds. The zero-order chi connectivity index (χ0) is 52.1. The molecule has 9 aromatic heterocycles. The van der Waals surface area contributed by atoms with Crippen molar-refractivity contribution in [3.8, 4) is 33.1 Å². The van der Waals surface area contributed by atoms with Crippen LogP contribution in [0.1, 0.15) is 70.9 Å². The molecule has 2 fully saturated rings. The first kappa shape index (κ1) is 49.3. The zero-order valence-corrected chi connectivity index (χ0v) is 45.0. The van der Waals surface area contributed by atoms with Crippen LogP contribution in [0.15, 0.2) is 104 Å². The molecule has 0 bridgehead atoms.